The summed E-state index contributed by atoms with van der Waals surface area (Å²) in [7, 11) is 3.44. The maximum Gasteiger partial charge on any atom is 0.239 e. The first kappa shape index (κ1) is 22.4. The van der Waals surface area contributed by atoms with E-state index in [-0.39, 0.29) is 18.5 Å². The van der Waals surface area contributed by atoms with E-state index in [1.165, 1.54) is 37.7 Å². The summed E-state index contributed by atoms with van der Waals surface area (Å²) in [4.78, 5) is 19.1. The lowest BCUT2D eigenvalue weighted by molar-refractivity contribution is -0.120. The van der Waals surface area contributed by atoms with Crippen molar-refractivity contribution in [3.05, 3.63) is 29.8 Å². The summed E-state index contributed by atoms with van der Waals surface area (Å²) in [6, 6.07) is 8.84. The number of guanidine groups is 1. The summed E-state index contributed by atoms with van der Waals surface area (Å²) in [5.74, 6) is 1.56. The molecule has 7 nitrogen and oxygen atoms in total. The largest absolute Gasteiger partial charge is 0.497 e. The van der Waals surface area contributed by atoms with E-state index in [0.717, 1.165) is 38.2 Å². The molecule has 1 unspecified atom stereocenters. The van der Waals surface area contributed by atoms with E-state index in [1.807, 2.05) is 12.1 Å². The minimum Gasteiger partial charge on any atom is -0.497 e. The second kappa shape index (κ2) is 11.8. The molecule has 0 bridgehead atoms. The molecule has 3 N–H and O–H groups in total. The van der Waals surface area contributed by atoms with Gasteiger partial charge in [-0.05, 0) is 56.5 Å². The van der Waals surface area contributed by atoms with Crippen molar-refractivity contribution in [2.45, 2.75) is 57.0 Å². The van der Waals surface area contributed by atoms with Crippen LogP contribution in [0.1, 0.15) is 56.6 Å². The van der Waals surface area contributed by atoms with Gasteiger partial charge in [-0.25, -0.2) is 0 Å². The minimum atomic E-state index is 0.0359. The Morgan fingerprint density at radius 2 is 1.93 bits per heavy atom. The van der Waals surface area contributed by atoms with Crippen LogP contribution in [-0.4, -0.2) is 63.1 Å². The van der Waals surface area contributed by atoms with Gasteiger partial charge in [0, 0.05) is 19.6 Å². The average molecular weight is 416 g/mol. The van der Waals surface area contributed by atoms with Crippen LogP contribution >= 0.6 is 0 Å². The van der Waals surface area contributed by atoms with Crippen molar-refractivity contribution in [1.29, 1.82) is 0 Å². The molecule has 0 aromatic heterocycles. The SMILES string of the molecule is CN=C(NCC(=O)NC1CCCCC1)NCC(c1cccc(OC)c1)N1CCCC1. The van der Waals surface area contributed by atoms with E-state index in [2.05, 4.69) is 38.0 Å². The Balaban J connectivity index is 1.53. The van der Waals surface area contributed by atoms with Gasteiger partial charge in [0.25, 0.3) is 0 Å². The molecule has 1 aromatic rings. The number of carbonyl (C=O) groups is 1. The lowest BCUT2D eigenvalue weighted by Gasteiger charge is -2.29. The quantitative estimate of drug-likeness (QED) is 0.449. The van der Waals surface area contributed by atoms with Crippen molar-refractivity contribution in [2.24, 2.45) is 4.99 Å². The summed E-state index contributed by atoms with van der Waals surface area (Å²) in [5, 5.41) is 9.72. The fraction of sp³-hybridized carbons (Fsp3) is 0.652. The van der Waals surface area contributed by atoms with Crippen LogP contribution in [-0.2, 0) is 4.79 Å². The molecular weight excluding hydrogens is 378 g/mol. The van der Waals surface area contributed by atoms with Gasteiger partial charge in [0.05, 0.1) is 19.7 Å². The monoisotopic (exact) mass is 415 g/mol. The number of methoxy groups -OCH3 is 1. The molecule has 1 saturated heterocycles. The molecule has 1 aliphatic carbocycles. The first-order valence-electron chi connectivity index (χ1n) is 11.3. The lowest BCUT2D eigenvalue weighted by Crippen LogP contribution is -2.47. The number of hydrogen-bond donors (Lipinski definition) is 3. The molecule has 1 heterocycles. The van der Waals surface area contributed by atoms with Gasteiger partial charge in [0.1, 0.15) is 5.75 Å². The summed E-state index contributed by atoms with van der Waals surface area (Å²) in [5.41, 5.74) is 1.23. The molecule has 1 aromatic carbocycles. The fourth-order valence-corrected chi connectivity index (χ4v) is 4.46. The third kappa shape index (κ3) is 6.62. The Hall–Kier alpha value is -2.28. The summed E-state index contributed by atoms with van der Waals surface area (Å²) in [6.45, 7) is 3.15. The van der Waals surface area contributed by atoms with Gasteiger partial charge in [0.2, 0.25) is 5.91 Å². The number of carbonyl (C=O) groups excluding carboxylic acids is 1. The molecular formula is C23H37N5O2. The second-order valence-corrected chi connectivity index (χ2v) is 8.24. The third-order valence-electron chi connectivity index (χ3n) is 6.13. The molecule has 2 fully saturated rings. The maximum atomic E-state index is 12.3. The molecule has 166 valence electrons. The summed E-state index contributed by atoms with van der Waals surface area (Å²) >= 11 is 0. The van der Waals surface area contributed by atoms with Crippen LogP contribution in [0.2, 0.25) is 0 Å². The molecule has 0 radical (unpaired) electrons. The van der Waals surface area contributed by atoms with Crippen molar-refractivity contribution >= 4 is 11.9 Å². The first-order valence-corrected chi connectivity index (χ1v) is 11.3. The smallest absolute Gasteiger partial charge is 0.239 e. The van der Waals surface area contributed by atoms with Crippen molar-refractivity contribution in [3.8, 4) is 5.75 Å². The van der Waals surface area contributed by atoms with E-state index >= 15 is 0 Å². The van der Waals surface area contributed by atoms with Crippen LogP contribution in [0.15, 0.2) is 29.3 Å². The van der Waals surface area contributed by atoms with Crippen molar-refractivity contribution in [1.82, 2.24) is 20.9 Å². The molecule has 1 aliphatic heterocycles. The number of benzene rings is 1. The summed E-state index contributed by atoms with van der Waals surface area (Å²) in [6.07, 6.45) is 8.36. The van der Waals surface area contributed by atoms with E-state index in [1.54, 1.807) is 14.2 Å². The topological polar surface area (TPSA) is 78.0 Å². The Labute approximate surface area is 180 Å². The Morgan fingerprint density at radius 1 is 1.17 bits per heavy atom. The predicted octanol–water partition coefficient (Wildman–Crippen LogP) is 2.45. The highest BCUT2D eigenvalue weighted by molar-refractivity contribution is 5.86. The molecule has 0 spiro atoms. The van der Waals surface area contributed by atoms with E-state index in [4.69, 9.17) is 4.74 Å². The van der Waals surface area contributed by atoms with Crippen LogP contribution in [0.5, 0.6) is 5.75 Å². The number of nitrogens with zero attached hydrogens (tertiary/aromatic N) is 2. The van der Waals surface area contributed by atoms with Crippen LogP contribution in [0.3, 0.4) is 0 Å². The highest BCUT2D eigenvalue weighted by Crippen LogP contribution is 2.27. The zero-order valence-electron chi connectivity index (χ0n) is 18.5. The molecule has 1 amide bonds. The third-order valence-corrected chi connectivity index (χ3v) is 6.13. The summed E-state index contributed by atoms with van der Waals surface area (Å²) < 4.78 is 5.42. The van der Waals surface area contributed by atoms with Gasteiger partial charge < -0.3 is 20.7 Å². The van der Waals surface area contributed by atoms with Gasteiger partial charge in [-0.2, -0.15) is 0 Å². The van der Waals surface area contributed by atoms with Gasteiger partial charge in [0.15, 0.2) is 5.96 Å². The first-order chi connectivity index (χ1) is 14.7. The van der Waals surface area contributed by atoms with Gasteiger partial charge in [-0.15, -0.1) is 0 Å². The molecule has 1 saturated carbocycles. The van der Waals surface area contributed by atoms with Gasteiger partial charge >= 0.3 is 0 Å². The minimum absolute atomic E-state index is 0.0359. The zero-order chi connectivity index (χ0) is 21.2. The number of likely N-dealkylation sites (tertiary alicyclic amines) is 1. The molecule has 1 atom stereocenters. The van der Waals surface area contributed by atoms with Crippen LogP contribution < -0.4 is 20.7 Å². The predicted molar refractivity (Wildman–Crippen MR) is 121 cm³/mol. The Morgan fingerprint density at radius 3 is 2.63 bits per heavy atom. The number of nitrogens with one attached hydrogen (secondary N) is 3. The van der Waals surface area contributed by atoms with Crippen LogP contribution in [0, 0.1) is 0 Å². The number of hydrogen-bond acceptors (Lipinski definition) is 4. The molecule has 7 heteroatoms. The van der Waals surface area contributed by atoms with Crippen molar-refractivity contribution in [3.63, 3.8) is 0 Å². The second-order valence-electron chi connectivity index (χ2n) is 8.24. The molecule has 30 heavy (non-hydrogen) atoms. The van der Waals surface area contributed by atoms with Gasteiger partial charge in [-0.1, -0.05) is 31.4 Å². The fourth-order valence-electron chi connectivity index (χ4n) is 4.46. The number of ether oxygens (including phenoxy) is 1. The van der Waals surface area contributed by atoms with Crippen molar-refractivity contribution in [2.75, 3.05) is 40.3 Å². The molecule has 3 rings (SSSR count). The van der Waals surface area contributed by atoms with Gasteiger partial charge in [-0.3, -0.25) is 14.7 Å². The van der Waals surface area contributed by atoms with E-state index in [0.29, 0.717) is 12.0 Å². The van der Waals surface area contributed by atoms with Crippen LogP contribution in [0.4, 0.5) is 0 Å². The van der Waals surface area contributed by atoms with Crippen LogP contribution in [0.25, 0.3) is 0 Å². The van der Waals surface area contributed by atoms with E-state index < -0.39 is 0 Å². The highest BCUT2D eigenvalue weighted by Gasteiger charge is 2.24. The standard InChI is InChI=1S/C23H37N5O2/c1-24-23(26-17-22(29)27-19-10-4-3-5-11-19)25-16-21(28-13-6-7-14-28)18-9-8-12-20(15-18)30-2/h8-9,12,15,19,21H,3-7,10-11,13-14,16-17H2,1-2H3,(H,27,29)(H2,24,25,26). The molecule has 2 aliphatic rings. The zero-order valence-corrected chi connectivity index (χ0v) is 18.5. The number of amides is 1. The lowest BCUT2D eigenvalue weighted by atomic mass is 9.95. The number of rotatable bonds is 8. The highest BCUT2D eigenvalue weighted by atomic mass is 16.5. The Kier molecular flexibility index (Phi) is 8.81. The maximum absolute atomic E-state index is 12.3. The Bertz CT molecular complexity index is 697. The normalized spacial score (nSPS) is 19.3. The van der Waals surface area contributed by atoms with Crippen molar-refractivity contribution < 1.29 is 9.53 Å². The van der Waals surface area contributed by atoms with E-state index in [9.17, 15) is 4.79 Å². The average Bonchev–Trinajstić information content (AvgIpc) is 3.31. The number of aliphatic imine (C=N–C) groups is 1.